The average molecular weight is 385 g/mol. The summed E-state index contributed by atoms with van der Waals surface area (Å²) in [5, 5.41) is 12.0. The van der Waals surface area contributed by atoms with E-state index in [1.54, 1.807) is 6.20 Å². The summed E-state index contributed by atoms with van der Waals surface area (Å²) in [5.41, 5.74) is -0.256. The maximum absolute atomic E-state index is 11.3. The number of anilines is 1. The number of halogens is 2. The van der Waals surface area contributed by atoms with Crippen LogP contribution in [-0.4, -0.2) is 16.6 Å². The first-order valence-electron chi connectivity index (χ1n) is 7.11. The highest BCUT2D eigenvalue weighted by atomic mass is 79.9. The van der Waals surface area contributed by atoms with Gasteiger partial charge in [0.1, 0.15) is 12.7 Å². The van der Waals surface area contributed by atoms with E-state index in [9.17, 15) is 5.11 Å². The molecule has 1 aliphatic heterocycles. The third-order valence-electron chi connectivity index (χ3n) is 3.73. The molecule has 1 aliphatic rings. The molecule has 0 amide bonds. The molecule has 22 heavy (non-hydrogen) atoms. The minimum absolute atomic E-state index is 0. The summed E-state index contributed by atoms with van der Waals surface area (Å²) < 4.78 is 1.98. The fraction of sp³-hybridized carbons (Fsp3) is 0.375. The average Bonchev–Trinajstić information content (AvgIpc) is 2.73. The predicted octanol–water partition coefficient (Wildman–Crippen LogP) is -0.652. The highest BCUT2D eigenvalue weighted by Crippen LogP contribution is 2.34. The second-order valence-corrected chi connectivity index (χ2v) is 6.31. The van der Waals surface area contributed by atoms with E-state index in [1.165, 1.54) is 0 Å². The van der Waals surface area contributed by atoms with Crippen LogP contribution < -0.4 is 26.4 Å². The van der Waals surface area contributed by atoms with Crippen LogP contribution in [0, 0.1) is 5.92 Å². The molecule has 0 unspecified atom stereocenters. The Kier molecular flexibility index (Phi) is 5.10. The van der Waals surface area contributed by atoms with E-state index in [-0.39, 0.29) is 17.0 Å². The van der Waals surface area contributed by atoms with Gasteiger partial charge < -0.3 is 22.1 Å². The van der Waals surface area contributed by atoms with Crippen molar-refractivity contribution in [3.05, 3.63) is 53.3 Å². The van der Waals surface area contributed by atoms with Gasteiger partial charge in [0, 0.05) is 16.7 Å². The molecule has 4 nitrogen and oxygen atoms in total. The van der Waals surface area contributed by atoms with Crippen LogP contribution in [0.2, 0.25) is 5.02 Å². The van der Waals surface area contributed by atoms with Crippen molar-refractivity contribution in [2.45, 2.75) is 26.1 Å². The Bertz CT molecular complexity index is 650. The number of rotatable bonds is 3. The first-order chi connectivity index (χ1) is 10.0. The van der Waals surface area contributed by atoms with Crippen LogP contribution in [0.15, 0.2) is 42.7 Å². The van der Waals surface area contributed by atoms with Crippen molar-refractivity contribution < 1.29 is 26.7 Å². The molecule has 0 bridgehead atoms. The second kappa shape index (κ2) is 6.52. The summed E-state index contributed by atoms with van der Waals surface area (Å²) in [7, 11) is 0. The predicted molar refractivity (Wildman–Crippen MR) is 82.0 cm³/mol. The topological polar surface area (TPSA) is 40.2 Å². The molecule has 6 heteroatoms. The Morgan fingerprint density at radius 2 is 2.05 bits per heavy atom. The molecular formula is C16H19BrClN3O. The summed E-state index contributed by atoms with van der Waals surface area (Å²) in [6, 6.07) is 9.25. The van der Waals surface area contributed by atoms with Gasteiger partial charge in [0.05, 0.1) is 12.7 Å². The van der Waals surface area contributed by atoms with E-state index in [4.69, 9.17) is 11.6 Å². The molecule has 1 aromatic carbocycles. The molecule has 0 saturated heterocycles. The number of fused-ring (bicyclic) bond motifs is 1. The van der Waals surface area contributed by atoms with E-state index in [0.717, 1.165) is 18.1 Å². The highest BCUT2D eigenvalue weighted by Gasteiger charge is 2.51. The number of aromatic nitrogens is 2. The molecule has 0 spiro atoms. The van der Waals surface area contributed by atoms with Crippen molar-refractivity contribution in [3.63, 3.8) is 0 Å². The highest BCUT2D eigenvalue weighted by molar-refractivity contribution is 6.30. The zero-order valence-corrected chi connectivity index (χ0v) is 14.9. The van der Waals surface area contributed by atoms with Gasteiger partial charge in [-0.15, -0.1) is 0 Å². The van der Waals surface area contributed by atoms with Crippen LogP contribution in [0.25, 0.3) is 0 Å². The smallest absolute Gasteiger partial charge is 0.396 e. The van der Waals surface area contributed by atoms with Gasteiger partial charge in [-0.2, -0.15) is 0 Å². The monoisotopic (exact) mass is 383 g/mol. The second-order valence-electron chi connectivity index (χ2n) is 5.88. The first kappa shape index (κ1) is 17.2. The van der Waals surface area contributed by atoms with Crippen molar-refractivity contribution >= 4 is 17.5 Å². The van der Waals surface area contributed by atoms with Gasteiger partial charge in [0.2, 0.25) is 5.72 Å². The van der Waals surface area contributed by atoms with E-state index < -0.39 is 5.72 Å². The Balaban J connectivity index is 0.00000176. The molecule has 0 saturated carbocycles. The number of hydrogen-bond acceptors (Lipinski definition) is 3. The minimum atomic E-state index is -1.09. The normalized spacial score (nSPS) is 20.0. The zero-order chi connectivity index (χ0) is 15.0. The Morgan fingerprint density at radius 1 is 1.36 bits per heavy atom. The fourth-order valence-electron chi connectivity index (χ4n) is 2.79. The quantitative estimate of drug-likeness (QED) is 0.715. The first-order valence-corrected chi connectivity index (χ1v) is 7.49. The van der Waals surface area contributed by atoms with Crippen LogP contribution in [0.3, 0.4) is 0 Å². The van der Waals surface area contributed by atoms with Crippen molar-refractivity contribution in [1.82, 2.24) is 4.98 Å². The number of nitrogens with zero attached hydrogens (tertiary/aromatic N) is 3. The van der Waals surface area contributed by atoms with E-state index in [1.807, 2.05) is 46.0 Å². The van der Waals surface area contributed by atoms with Crippen molar-refractivity contribution in [2.24, 2.45) is 5.92 Å². The fourth-order valence-corrected chi connectivity index (χ4v) is 2.92. The van der Waals surface area contributed by atoms with Crippen LogP contribution in [0.5, 0.6) is 0 Å². The van der Waals surface area contributed by atoms with E-state index in [0.29, 0.717) is 17.5 Å². The van der Waals surface area contributed by atoms with Crippen LogP contribution in [-0.2, 0) is 12.3 Å². The summed E-state index contributed by atoms with van der Waals surface area (Å²) in [4.78, 5) is 6.41. The van der Waals surface area contributed by atoms with Gasteiger partial charge in [0.25, 0.3) is 0 Å². The van der Waals surface area contributed by atoms with Crippen LogP contribution in [0.1, 0.15) is 19.4 Å². The maximum Gasteiger partial charge on any atom is 0.396 e. The molecular weight excluding hydrogens is 366 g/mol. The number of hydrogen-bond donors (Lipinski definition) is 1. The van der Waals surface area contributed by atoms with Gasteiger partial charge in [0.15, 0.2) is 0 Å². The molecule has 118 valence electrons. The Hall–Kier alpha value is -1.17. The van der Waals surface area contributed by atoms with Gasteiger partial charge in [-0.25, -0.2) is 9.47 Å². The van der Waals surface area contributed by atoms with E-state index in [2.05, 4.69) is 18.8 Å². The van der Waals surface area contributed by atoms with E-state index >= 15 is 0 Å². The molecule has 2 aromatic rings. The van der Waals surface area contributed by atoms with Crippen molar-refractivity contribution in [2.75, 3.05) is 11.4 Å². The SMILES string of the molecule is CC(C)CN1c2nccc[n+]2C[C@@]1(O)c1ccc(Cl)cc1.[Br-]. The summed E-state index contributed by atoms with van der Waals surface area (Å²) in [5.74, 6) is 1.21. The lowest BCUT2D eigenvalue weighted by Gasteiger charge is -2.29. The molecule has 0 radical (unpaired) electrons. The lowest BCUT2D eigenvalue weighted by atomic mass is 10.0. The standard InChI is InChI=1S/C16H19ClN3O.BrH/c1-12(2)10-20-15-18-8-3-9-19(15)11-16(20,21)13-4-6-14(17)7-5-13;/h3-9,12,21H,10-11H2,1-2H3;1H/q+1;/p-1/t16-;/m1./s1. The summed E-state index contributed by atoms with van der Waals surface area (Å²) in [6.07, 6.45) is 3.70. The molecule has 2 heterocycles. The van der Waals surface area contributed by atoms with Gasteiger partial charge in [-0.05, 0) is 18.1 Å². The molecule has 3 rings (SSSR count). The summed E-state index contributed by atoms with van der Waals surface area (Å²) >= 11 is 5.96. The van der Waals surface area contributed by atoms with Crippen LogP contribution >= 0.6 is 11.6 Å². The third kappa shape index (κ3) is 2.98. The Morgan fingerprint density at radius 3 is 2.68 bits per heavy atom. The lowest BCUT2D eigenvalue weighted by molar-refractivity contribution is -0.685. The molecule has 1 aromatic heterocycles. The number of aliphatic hydroxyl groups is 1. The van der Waals surface area contributed by atoms with Gasteiger partial charge >= 0.3 is 5.95 Å². The molecule has 1 N–H and O–H groups in total. The van der Waals surface area contributed by atoms with Gasteiger partial charge in [-0.1, -0.05) is 42.6 Å². The molecule has 0 fully saturated rings. The largest absolute Gasteiger partial charge is 1.00 e. The van der Waals surface area contributed by atoms with Gasteiger partial charge in [-0.3, -0.25) is 0 Å². The molecule has 0 aliphatic carbocycles. The van der Waals surface area contributed by atoms with Crippen LogP contribution in [0.4, 0.5) is 5.95 Å². The summed E-state index contributed by atoms with van der Waals surface area (Å²) in [6.45, 7) is 5.46. The maximum atomic E-state index is 11.3. The lowest BCUT2D eigenvalue weighted by Crippen LogP contribution is -3.00. The third-order valence-corrected chi connectivity index (χ3v) is 3.98. The minimum Gasteiger partial charge on any atom is -1.00 e. The number of benzene rings is 1. The molecule has 1 atom stereocenters. The van der Waals surface area contributed by atoms with Crippen molar-refractivity contribution in [1.29, 1.82) is 0 Å². The van der Waals surface area contributed by atoms with Crippen molar-refractivity contribution in [3.8, 4) is 0 Å². The Labute approximate surface area is 146 Å². The zero-order valence-electron chi connectivity index (χ0n) is 12.6.